The van der Waals surface area contributed by atoms with Gasteiger partial charge in [0, 0.05) is 62.9 Å². The van der Waals surface area contributed by atoms with Gasteiger partial charge in [0.25, 0.3) is 0 Å². The van der Waals surface area contributed by atoms with Crippen LogP contribution in [-0.2, 0) is 28.4 Å². The lowest BCUT2D eigenvalue weighted by molar-refractivity contribution is 0.0600. The zero-order chi connectivity index (χ0) is 35.0. The van der Waals surface area contributed by atoms with Gasteiger partial charge < -0.3 is 19.4 Å². The lowest BCUT2D eigenvalue weighted by Crippen LogP contribution is -2.15. The number of benzene rings is 2. The number of H-pyrrole nitrogens is 2. The molecule has 50 heavy (non-hydrogen) atoms. The molecule has 0 spiro atoms. The first kappa shape index (κ1) is 32.5. The van der Waals surface area contributed by atoms with Gasteiger partial charge in [-0.2, -0.15) is 0 Å². The van der Waals surface area contributed by atoms with Crippen molar-refractivity contribution >= 4 is 28.0 Å². The van der Waals surface area contributed by atoms with E-state index in [9.17, 15) is 4.79 Å². The van der Waals surface area contributed by atoms with Crippen molar-refractivity contribution in [3.8, 4) is 29.4 Å². The minimum Gasteiger partial charge on any atom is -0.493 e. The van der Waals surface area contributed by atoms with E-state index >= 15 is 0 Å². The number of nitrogens with one attached hydrogen (secondary N) is 2. The van der Waals surface area contributed by atoms with Gasteiger partial charge in [-0.05, 0) is 66.7 Å². The Morgan fingerprint density at radius 2 is 1.32 bits per heavy atom. The van der Waals surface area contributed by atoms with Crippen LogP contribution >= 0.6 is 0 Å². The minimum atomic E-state index is -0.376. The number of aromatic amines is 2. The molecule has 2 N–H and O–H groups in total. The molecule has 2 aliphatic rings. The molecule has 7 rings (SSSR count). The monoisotopic (exact) mass is 658 g/mol. The number of carbonyl (C=O) groups excluding carboxylic acids is 1. The van der Waals surface area contributed by atoms with Gasteiger partial charge >= 0.3 is 5.97 Å². The Hall–Kier alpha value is -6.05. The summed E-state index contributed by atoms with van der Waals surface area (Å²) in [5.41, 5.74) is 10.6. The maximum Gasteiger partial charge on any atom is 0.337 e. The molecule has 0 saturated heterocycles. The van der Waals surface area contributed by atoms with Crippen molar-refractivity contribution in [3.05, 3.63) is 136 Å². The summed E-state index contributed by atoms with van der Waals surface area (Å²) >= 11 is 0. The quantitative estimate of drug-likeness (QED) is 0.148. The molecule has 0 aliphatic carbocycles. The molecule has 2 aliphatic heterocycles. The summed E-state index contributed by atoms with van der Waals surface area (Å²) in [6, 6.07) is 27.5. The average molecular weight is 659 g/mol. The zero-order valence-corrected chi connectivity index (χ0v) is 29.1. The highest BCUT2D eigenvalue weighted by atomic mass is 16.5. The Labute approximate surface area is 292 Å². The number of methoxy groups -OCH3 is 2. The molecule has 7 nitrogen and oxygen atoms in total. The van der Waals surface area contributed by atoms with Crippen LogP contribution in [-0.4, -0.2) is 40.1 Å². The van der Waals surface area contributed by atoms with Crippen LogP contribution in [0.4, 0.5) is 0 Å². The summed E-state index contributed by atoms with van der Waals surface area (Å²) in [6.07, 6.45) is 1.46. The molecule has 5 heterocycles. The van der Waals surface area contributed by atoms with E-state index in [0.29, 0.717) is 17.7 Å². The van der Waals surface area contributed by atoms with E-state index in [0.717, 1.165) is 73.5 Å². The number of aromatic nitrogens is 4. The Morgan fingerprint density at radius 1 is 0.700 bits per heavy atom. The maximum atomic E-state index is 11.9. The number of nitrogens with zero attached hydrogens (tertiary/aromatic N) is 2. The summed E-state index contributed by atoms with van der Waals surface area (Å²) in [6.45, 7) is 8.82. The maximum absolute atomic E-state index is 11.9. The summed E-state index contributed by atoms with van der Waals surface area (Å²) in [5.74, 6) is 13.6. The molecule has 2 aromatic carbocycles. The first-order valence-electron chi connectivity index (χ1n) is 16.6. The standard InChI is InChI=1S/C43H38N4O3/c1-42(2)25-34-22-35-30(18-14-28-12-16-29(17-13-28)41(48)50-6)20-32(44-35)23-38-43(3,4)26-36(47-38)40(49-5)39-31(19-15-27-10-8-7-9-11-27)21-33(46-39)24-37(42)45-34/h7-13,16-17,20-24,44,46H,25-26H2,1-6H3. The molecule has 248 valence electrons. The minimum absolute atomic E-state index is 0.202. The highest BCUT2D eigenvalue weighted by molar-refractivity contribution is 5.89. The van der Waals surface area contributed by atoms with Gasteiger partial charge in [0.15, 0.2) is 5.75 Å². The van der Waals surface area contributed by atoms with Crippen molar-refractivity contribution in [2.24, 2.45) is 0 Å². The van der Waals surface area contributed by atoms with Crippen LogP contribution in [0, 0.1) is 23.7 Å². The number of carbonyl (C=O) groups is 1. The molecule has 0 amide bonds. The zero-order valence-electron chi connectivity index (χ0n) is 29.1. The molecule has 0 radical (unpaired) electrons. The van der Waals surface area contributed by atoms with E-state index in [1.165, 1.54) is 7.11 Å². The van der Waals surface area contributed by atoms with E-state index in [4.69, 9.17) is 19.4 Å². The van der Waals surface area contributed by atoms with Crippen molar-refractivity contribution in [2.75, 3.05) is 14.2 Å². The van der Waals surface area contributed by atoms with Crippen LogP contribution in [0.2, 0.25) is 0 Å². The molecule has 5 aromatic rings. The van der Waals surface area contributed by atoms with Crippen LogP contribution in [0.15, 0.2) is 84.9 Å². The normalized spacial score (nSPS) is 14.1. The number of ether oxygens (including phenoxy) is 2. The number of esters is 1. The third-order valence-electron chi connectivity index (χ3n) is 9.20. The molecule has 7 heteroatoms. The van der Waals surface area contributed by atoms with E-state index in [1.807, 2.05) is 42.5 Å². The predicted octanol–water partition coefficient (Wildman–Crippen LogP) is 7.95. The van der Waals surface area contributed by atoms with Crippen LogP contribution in [0.3, 0.4) is 0 Å². The third kappa shape index (κ3) is 6.51. The second-order valence-electron chi connectivity index (χ2n) is 14.0. The van der Waals surface area contributed by atoms with Gasteiger partial charge in [-0.1, -0.05) is 69.6 Å². The fourth-order valence-corrected chi connectivity index (χ4v) is 6.46. The fourth-order valence-electron chi connectivity index (χ4n) is 6.46. The van der Waals surface area contributed by atoms with Crippen LogP contribution in [0.25, 0.3) is 22.1 Å². The number of rotatable bonds is 2. The van der Waals surface area contributed by atoms with E-state index < -0.39 is 0 Å². The predicted molar refractivity (Wildman–Crippen MR) is 197 cm³/mol. The summed E-state index contributed by atoms with van der Waals surface area (Å²) < 4.78 is 10.9. The largest absolute Gasteiger partial charge is 0.493 e. The van der Waals surface area contributed by atoms with Gasteiger partial charge in [-0.15, -0.1) is 0 Å². The number of hydrogen-bond acceptors (Lipinski definition) is 5. The van der Waals surface area contributed by atoms with Crippen molar-refractivity contribution < 1.29 is 14.3 Å². The van der Waals surface area contributed by atoms with E-state index in [-0.39, 0.29) is 16.8 Å². The molecule has 0 fully saturated rings. The topological polar surface area (TPSA) is 92.9 Å². The molecular formula is C43H38N4O3. The van der Waals surface area contributed by atoms with Crippen molar-refractivity contribution in [3.63, 3.8) is 0 Å². The lowest BCUT2D eigenvalue weighted by Gasteiger charge is -2.16. The van der Waals surface area contributed by atoms with Gasteiger partial charge in [0.2, 0.25) is 0 Å². The smallest absolute Gasteiger partial charge is 0.337 e. The third-order valence-corrected chi connectivity index (χ3v) is 9.20. The van der Waals surface area contributed by atoms with E-state index in [2.05, 4.69) is 91.7 Å². The van der Waals surface area contributed by atoms with Crippen molar-refractivity contribution in [1.29, 1.82) is 0 Å². The average Bonchev–Trinajstić information content (AvgIpc) is 3.83. The van der Waals surface area contributed by atoms with Gasteiger partial charge in [-0.3, -0.25) is 9.97 Å². The number of hydrogen-bond donors (Lipinski definition) is 2. The van der Waals surface area contributed by atoms with Crippen LogP contribution < -0.4 is 4.74 Å². The second kappa shape index (κ2) is 12.8. The Morgan fingerprint density at radius 3 is 2.02 bits per heavy atom. The summed E-state index contributed by atoms with van der Waals surface area (Å²) in [5, 5.41) is 0. The number of fused-ring (bicyclic) bond motifs is 8. The Balaban J connectivity index is 1.47. The Bertz CT molecular complexity index is 2430. The molecule has 8 bridgehead atoms. The van der Waals surface area contributed by atoms with Gasteiger partial charge in [0.1, 0.15) is 0 Å². The highest BCUT2D eigenvalue weighted by Crippen LogP contribution is 2.37. The highest BCUT2D eigenvalue weighted by Gasteiger charge is 2.32. The molecule has 3 aromatic heterocycles. The van der Waals surface area contributed by atoms with Crippen molar-refractivity contribution in [2.45, 2.75) is 51.4 Å². The summed E-state index contributed by atoms with van der Waals surface area (Å²) in [7, 11) is 3.06. The Kier molecular flexibility index (Phi) is 8.30. The fraction of sp³-hybridized carbons (Fsp3) is 0.233. The second-order valence-corrected chi connectivity index (χ2v) is 14.0. The lowest BCUT2D eigenvalue weighted by atomic mass is 9.87. The van der Waals surface area contributed by atoms with Gasteiger partial charge in [-0.25, -0.2) is 4.79 Å². The van der Waals surface area contributed by atoms with Crippen molar-refractivity contribution in [1.82, 2.24) is 19.9 Å². The first-order chi connectivity index (χ1) is 24.0. The molecular weight excluding hydrogens is 620 g/mol. The van der Waals surface area contributed by atoms with Crippen LogP contribution in [0.1, 0.15) is 83.1 Å². The van der Waals surface area contributed by atoms with Gasteiger partial charge in [0.05, 0.1) is 47.6 Å². The molecule has 0 atom stereocenters. The SMILES string of the molecule is COC(=O)c1ccc(C#Cc2cc3cc4nc(c(OC)c5[nH]c(cc6nc(cc2[nH]3)CC6(C)C)cc5C#Cc2ccccc2)CC4(C)C)cc1. The molecule has 0 unspecified atom stereocenters. The first-order valence-corrected chi connectivity index (χ1v) is 16.6. The molecule has 0 saturated carbocycles. The van der Waals surface area contributed by atoms with E-state index in [1.54, 1.807) is 19.2 Å². The summed E-state index contributed by atoms with van der Waals surface area (Å²) in [4.78, 5) is 29.4. The van der Waals surface area contributed by atoms with Crippen LogP contribution in [0.5, 0.6) is 5.75 Å².